The van der Waals surface area contributed by atoms with Gasteiger partial charge in [0.05, 0.1) is 11.3 Å². The number of amides is 1. The second-order valence-electron chi connectivity index (χ2n) is 5.98. The number of carbonyl (C=O) groups is 1. The van der Waals surface area contributed by atoms with Crippen LogP contribution in [0.1, 0.15) is 35.8 Å². The number of fused-ring (bicyclic) bond motifs is 1. The van der Waals surface area contributed by atoms with E-state index in [1.165, 1.54) is 0 Å². The molecule has 6 heteroatoms. The molecule has 0 bridgehead atoms. The number of nitrogens with two attached hydrogens (primary N) is 1. The Balaban J connectivity index is 1.98. The van der Waals surface area contributed by atoms with Gasteiger partial charge in [0.15, 0.2) is 5.65 Å². The van der Waals surface area contributed by atoms with Crippen LogP contribution in [0.5, 0.6) is 0 Å². The fourth-order valence-corrected chi connectivity index (χ4v) is 2.91. The molecule has 1 fully saturated rings. The molecule has 0 atom stereocenters. The number of hydrogen-bond acceptors (Lipinski definition) is 4. The average Bonchev–Trinajstić information content (AvgIpc) is 2.73. The van der Waals surface area contributed by atoms with E-state index in [1.807, 2.05) is 24.9 Å². The number of carbonyl (C=O) groups excluding carboxylic acids is 1. The third-order valence-corrected chi connectivity index (χ3v) is 4.33. The summed E-state index contributed by atoms with van der Waals surface area (Å²) in [4.78, 5) is 18.9. The highest BCUT2D eigenvalue weighted by molar-refractivity contribution is 6.01. The molecular formula is C15H21N5O. The summed E-state index contributed by atoms with van der Waals surface area (Å²) in [6.07, 6.45) is 2.10. The summed E-state index contributed by atoms with van der Waals surface area (Å²) < 4.78 is 1.69. The van der Waals surface area contributed by atoms with Crippen molar-refractivity contribution in [2.75, 3.05) is 18.8 Å². The van der Waals surface area contributed by atoms with Crippen molar-refractivity contribution >= 4 is 22.8 Å². The number of aromatic nitrogens is 3. The number of likely N-dealkylation sites (tertiary alicyclic amines) is 1. The van der Waals surface area contributed by atoms with E-state index < -0.39 is 0 Å². The van der Waals surface area contributed by atoms with Crippen LogP contribution in [0.3, 0.4) is 0 Å². The zero-order valence-corrected chi connectivity index (χ0v) is 12.8. The van der Waals surface area contributed by atoms with E-state index in [0.29, 0.717) is 17.1 Å². The van der Waals surface area contributed by atoms with Crippen molar-refractivity contribution in [2.45, 2.75) is 26.7 Å². The van der Waals surface area contributed by atoms with Crippen molar-refractivity contribution in [2.24, 2.45) is 13.0 Å². The first kappa shape index (κ1) is 13.9. The molecule has 0 aromatic carbocycles. The lowest BCUT2D eigenvalue weighted by Crippen LogP contribution is -2.38. The second-order valence-corrected chi connectivity index (χ2v) is 5.98. The lowest BCUT2D eigenvalue weighted by atomic mass is 9.98. The number of piperidine rings is 1. The normalized spacial score (nSPS) is 16.6. The standard InChI is InChI=1S/C15H21N5O/c1-9-4-6-20(7-5-9)15(21)12-8-11-10(2)18-19(3)14(11)17-13(12)16/h8-9H,4-7H2,1-3H3,(H2,16,17). The minimum absolute atomic E-state index is 0.0166. The van der Waals surface area contributed by atoms with Gasteiger partial charge >= 0.3 is 0 Å². The van der Waals surface area contributed by atoms with E-state index >= 15 is 0 Å². The van der Waals surface area contributed by atoms with Gasteiger partial charge in [0.1, 0.15) is 5.82 Å². The van der Waals surface area contributed by atoms with Crippen LogP contribution in [-0.4, -0.2) is 38.7 Å². The Kier molecular flexibility index (Phi) is 3.31. The highest BCUT2D eigenvalue weighted by Crippen LogP contribution is 2.24. The van der Waals surface area contributed by atoms with Crippen LogP contribution < -0.4 is 5.73 Å². The van der Waals surface area contributed by atoms with E-state index in [4.69, 9.17) is 5.73 Å². The van der Waals surface area contributed by atoms with Crippen LogP contribution in [0, 0.1) is 12.8 Å². The molecule has 2 N–H and O–H groups in total. The molecule has 6 nitrogen and oxygen atoms in total. The van der Waals surface area contributed by atoms with Crippen molar-refractivity contribution in [3.8, 4) is 0 Å². The van der Waals surface area contributed by atoms with Gasteiger partial charge in [-0.1, -0.05) is 6.92 Å². The summed E-state index contributed by atoms with van der Waals surface area (Å²) in [6, 6.07) is 1.83. The van der Waals surface area contributed by atoms with Crippen LogP contribution in [-0.2, 0) is 7.05 Å². The highest BCUT2D eigenvalue weighted by Gasteiger charge is 2.24. The van der Waals surface area contributed by atoms with Crippen LogP contribution in [0.15, 0.2) is 6.07 Å². The van der Waals surface area contributed by atoms with Crippen LogP contribution in [0.25, 0.3) is 11.0 Å². The Labute approximate surface area is 123 Å². The first-order valence-electron chi connectivity index (χ1n) is 7.36. The Morgan fingerprint density at radius 2 is 2.05 bits per heavy atom. The van der Waals surface area contributed by atoms with E-state index in [9.17, 15) is 4.79 Å². The van der Waals surface area contributed by atoms with Gasteiger partial charge in [-0.3, -0.25) is 9.48 Å². The maximum atomic E-state index is 12.7. The lowest BCUT2D eigenvalue weighted by Gasteiger charge is -2.30. The first-order valence-corrected chi connectivity index (χ1v) is 7.36. The van der Waals surface area contributed by atoms with Crippen molar-refractivity contribution < 1.29 is 4.79 Å². The smallest absolute Gasteiger partial charge is 0.257 e. The van der Waals surface area contributed by atoms with Crippen molar-refractivity contribution in [3.63, 3.8) is 0 Å². The van der Waals surface area contributed by atoms with Gasteiger partial charge in [-0.25, -0.2) is 4.98 Å². The van der Waals surface area contributed by atoms with Crippen molar-refractivity contribution in [1.29, 1.82) is 0 Å². The number of aryl methyl sites for hydroxylation is 2. The SMILES string of the molecule is Cc1nn(C)c2nc(N)c(C(=O)N3CCC(C)CC3)cc12. The first-order chi connectivity index (χ1) is 9.97. The fourth-order valence-electron chi connectivity index (χ4n) is 2.91. The molecule has 2 aromatic heterocycles. The molecule has 0 aliphatic carbocycles. The van der Waals surface area contributed by atoms with E-state index in [0.717, 1.165) is 37.0 Å². The maximum Gasteiger partial charge on any atom is 0.257 e. The highest BCUT2D eigenvalue weighted by atomic mass is 16.2. The Hall–Kier alpha value is -2.11. The summed E-state index contributed by atoms with van der Waals surface area (Å²) in [5.41, 5.74) is 8.07. The zero-order chi connectivity index (χ0) is 15.1. The second kappa shape index (κ2) is 5.02. The molecule has 112 valence electrons. The lowest BCUT2D eigenvalue weighted by molar-refractivity contribution is 0.0698. The van der Waals surface area contributed by atoms with E-state index in [1.54, 1.807) is 4.68 Å². The molecule has 1 aliphatic heterocycles. The molecule has 0 radical (unpaired) electrons. The van der Waals surface area contributed by atoms with Crippen LogP contribution in [0.4, 0.5) is 5.82 Å². The minimum Gasteiger partial charge on any atom is -0.383 e. The van der Waals surface area contributed by atoms with Gasteiger partial charge in [-0.2, -0.15) is 5.10 Å². The quantitative estimate of drug-likeness (QED) is 0.866. The predicted molar refractivity (Wildman–Crippen MR) is 82.0 cm³/mol. The largest absolute Gasteiger partial charge is 0.383 e. The Morgan fingerprint density at radius 1 is 1.38 bits per heavy atom. The number of nitrogen functional groups attached to an aromatic ring is 1. The molecule has 1 aliphatic rings. The maximum absolute atomic E-state index is 12.7. The molecule has 2 aromatic rings. The number of anilines is 1. The predicted octanol–water partition coefficient (Wildman–Crippen LogP) is 1.73. The topological polar surface area (TPSA) is 77.0 Å². The molecule has 1 amide bonds. The Bertz CT molecular complexity index is 698. The van der Waals surface area contributed by atoms with Gasteiger partial charge in [0.2, 0.25) is 0 Å². The summed E-state index contributed by atoms with van der Waals surface area (Å²) in [5.74, 6) is 0.957. The van der Waals surface area contributed by atoms with E-state index in [-0.39, 0.29) is 11.7 Å². The molecule has 0 spiro atoms. The number of hydrogen-bond donors (Lipinski definition) is 1. The molecule has 21 heavy (non-hydrogen) atoms. The summed E-state index contributed by atoms with van der Waals surface area (Å²) in [7, 11) is 1.83. The number of pyridine rings is 1. The van der Waals surface area contributed by atoms with Gasteiger partial charge < -0.3 is 10.6 Å². The van der Waals surface area contributed by atoms with E-state index in [2.05, 4.69) is 17.0 Å². The van der Waals surface area contributed by atoms with Gasteiger partial charge in [-0.15, -0.1) is 0 Å². The molecule has 1 saturated heterocycles. The third-order valence-electron chi connectivity index (χ3n) is 4.33. The average molecular weight is 287 g/mol. The van der Waals surface area contributed by atoms with Crippen LogP contribution >= 0.6 is 0 Å². The number of rotatable bonds is 1. The van der Waals surface area contributed by atoms with Crippen LogP contribution in [0.2, 0.25) is 0 Å². The van der Waals surface area contributed by atoms with Gasteiger partial charge in [0, 0.05) is 25.5 Å². The number of nitrogens with zero attached hydrogens (tertiary/aromatic N) is 4. The molecule has 3 rings (SSSR count). The third kappa shape index (κ3) is 2.34. The molecule has 0 unspecified atom stereocenters. The summed E-state index contributed by atoms with van der Waals surface area (Å²) in [5, 5.41) is 5.22. The summed E-state index contributed by atoms with van der Waals surface area (Å²) >= 11 is 0. The summed E-state index contributed by atoms with van der Waals surface area (Å²) in [6.45, 7) is 5.73. The van der Waals surface area contributed by atoms with Crippen molar-refractivity contribution in [1.82, 2.24) is 19.7 Å². The zero-order valence-electron chi connectivity index (χ0n) is 12.8. The monoisotopic (exact) mass is 287 g/mol. The van der Waals surface area contributed by atoms with Gasteiger partial charge in [0.25, 0.3) is 5.91 Å². The Morgan fingerprint density at radius 3 is 2.71 bits per heavy atom. The van der Waals surface area contributed by atoms with Crippen molar-refractivity contribution in [3.05, 3.63) is 17.3 Å². The van der Waals surface area contributed by atoms with Gasteiger partial charge in [-0.05, 0) is 31.7 Å². The molecule has 3 heterocycles. The molecular weight excluding hydrogens is 266 g/mol. The molecule has 0 saturated carbocycles. The fraction of sp³-hybridized carbons (Fsp3) is 0.533. The minimum atomic E-state index is -0.0166.